The van der Waals surface area contributed by atoms with Crippen molar-refractivity contribution in [2.45, 2.75) is 83.2 Å². The molecule has 3 aliphatic rings. The van der Waals surface area contributed by atoms with Crippen LogP contribution in [0.25, 0.3) is 55.6 Å². The summed E-state index contributed by atoms with van der Waals surface area (Å²) in [6, 6.07) is 40.7. The van der Waals surface area contributed by atoms with E-state index in [9.17, 15) is 15.3 Å². The number of aliphatic hydroxyl groups is 3. The Kier molecular flexibility index (Phi) is 8.17. The van der Waals surface area contributed by atoms with Gasteiger partial charge in [0.25, 0.3) is 0 Å². The van der Waals surface area contributed by atoms with E-state index in [4.69, 9.17) is 0 Å². The van der Waals surface area contributed by atoms with Crippen LogP contribution in [0.3, 0.4) is 0 Å². The Hall–Kier alpha value is -4.80. The van der Waals surface area contributed by atoms with Gasteiger partial charge in [-0.25, -0.2) is 0 Å². The van der Waals surface area contributed by atoms with Gasteiger partial charge in [0, 0.05) is 22.9 Å². The Morgan fingerprint density at radius 3 is 1.22 bits per heavy atom. The standard InChI is InChI=1S/C51H50O3/c1-6-8-31-9-15-37-39-17-11-33(25-45(39)49(2,3)43(37)23-31)35-13-19-41-42-20-14-36(28-48(42)51(30-54,21-7-22-52)47(41)27-35)34-12-18-40-38-16-10-32(29-53)24-44(38)50(4,5)46(40)26-34/h9-20,23-28,52-54H,6-8,21-22,29-30H2,1-5H3. The molecule has 6 aromatic carbocycles. The molecule has 0 fully saturated rings. The van der Waals surface area contributed by atoms with Gasteiger partial charge in [-0.1, -0.05) is 126 Å². The average Bonchev–Trinajstić information content (AvgIpc) is 3.69. The first kappa shape index (κ1) is 34.9. The molecule has 3 heteroatoms. The van der Waals surface area contributed by atoms with Gasteiger partial charge in [0.1, 0.15) is 0 Å². The molecule has 272 valence electrons. The number of aryl methyl sites for hydroxylation is 1. The summed E-state index contributed by atoms with van der Waals surface area (Å²) in [4.78, 5) is 0. The Morgan fingerprint density at radius 2 is 0.815 bits per heavy atom. The van der Waals surface area contributed by atoms with Crippen molar-refractivity contribution < 1.29 is 15.3 Å². The molecule has 9 rings (SSSR count). The minimum absolute atomic E-state index is 0.0347. The van der Waals surface area contributed by atoms with Gasteiger partial charge in [-0.3, -0.25) is 0 Å². The normalized spacial score (nSPS) is 17.8. The third-order valence-electron chi connectivity index (χ3n) is 13.3. The third-order valence-corrected chi connectivity index (χ3v) is 13.3. The van der Waals surface area contributed by atoms with Gasteiger partial charge < -0.3 is 15.3 Å². The van der Waals surface area contributed by atoms with Crippen LogP contribution in [-0.2, 0) is 29.3 Å². The minimum atomic E-state index is -0.631. The summed E-state index contributed by atoms with van der Waals surface area (Å²) in [6.45, 7) is 11.6. The molecule has 0 aromatic heterocycles. The average molecular weight is 711 g/mol. The molecule has 3 N–H and O–H groups in total. The first-order valence-corrected chi connectivity index (χ1v) is 19.7. The van der Waals surface area contributed by atoms with Crippen molar-refractivity contribution in [1.29, 1.82) is 0 Å². The van der Waals surface area contributed by atoms with Crippen molar-refractivity contribution >= 4 is 0 Å². The summed E-state index contributed by atoms with van der Waals surface area (Å²) < 4.78 is 0. The molecule has 1 unspecified atom stereocenters. The lowest BCUT2D eigenvalue weighted by atomic mass is 9.74. The van der Waals surface area contributed by atoms with E-state index in [0.29, 0.717) is 12.8 Å². The Bertz CT molecular complexity index is 2480. The highest BCUT2D eigenvalue weighted by molar-refractivity contribution is 5.89. The number of rotatable bonds is 9. The Labute approximate surface area is 320 Å². The second-order valence-electron chi connectivity index (χ2n) is 17.0. The highest BCUT2D eigenvalue weighted by Crippen LogP contribution is 2.55. The van der Waals surface area contributed by atoms with E-state index in [0.717, 1.165) is 57.3 Å². The molecule has 0 bridgehead atoms. The maximum Gasteiger partial charge on any atom is 0.0681 e. The van der Waals surface area contributed by atoms with Gasteiger partial charge in [0.05, 0.1) is 13.2 Å². The number of aliphatic hydroxyl groups excluding tert-OH is 3. The fourth-order valence-corrected chi connectivity index (χ4v) is 10.2. The predicted molar refractivity (Wildman–Crippen MR) is 222 cm³/mol. The molecule has 54 heavy (non-hydrogen) atoms. The van der Waals surface area contributed by atoms with Crippen molar-refractivity contribution in [1.82, 2.24) is 0 Å². The maximum atomic E-state index is 11.5. The van der Waals surface area contributed by atoms with Gasteiger partial charge in [0.15, 0.2) is 0 Å². The third kappa shape index (κ3) is 4.98. The van der Waals surface area contributed by atoms with Crippen molar-refractivity contribution in [2.75, 3.05) is 13.2 Å². The molecule has 0 saturated heterocycles. The number of benzene rings is 6. The summed E-state index contributed by atoms with van der Waals surface area (Å²) in [5.41, 5.74) is 21.1. The number of hydrogen-bond donors (Lipinski definition) is 3. The molecule has 0 radical (unpaired) electrons. The van der Waals surface area contributed by atoms with Crippen LogP contribution >= 0.6 is 0 Å². The zero-order chi connectivity index (χ0) is 37.6. The van der Waals surface area contributed by atoms with Gasteiger partial charge in [-0.2, -0.15) is 0 Å². The fourth-order valence-electron chi connectivity index (χ4n) is 10.2. The molecule has 6 aromatic rings. The summed E-state index contributed by atoms with van der Waals surface area (Å²) in [5.74, 6) is 0. The zero-order valence-corrected chi connectivity index (χ0v) is 32.2. The van der Waals surface area contributed by atoms with E-state index in [1.807, 2.05) is 6.07 Å². The largest absolute Gasteiger partial charge is 0.396 e. The second-order valence-corrected chi connectivity index (χ2v) is 17.0. The molecule has 0 aliphatic heterocycles. The molecule has 0 spiro atoms. The molecular weight excluding hydrogens is 661 g/mol. The first-order chi connectivity index (χ1) is 26.0. The highest BCUT2D eigenvalue weighted by Gasteiger charge is 2.43. The molecular formula is C51H50O3. The zero-order valence-electron chi connectivity index (χ0n) is 32.2. The number of hydrogen-bond acceptors (Lipinski definition) is 3. The lowest BCUT2D eigenvalue weighted by molar-refractivity contribution is 0.197. The van der Waals surface area contributed by atoms with E-state index in [1.165, 1.54) is 55.6 Å². The first-order valence-electron chi connectivity index (χ1n) is 19.7. The summed E-state index contributed by atoms with van der Waals surface area (Å²) in [7, 11) is 0. The predicted octanol–water partition coefficient (Wildman–Crippen LogP) is 11.1. The van der Waals surface area contributed by atoms with Gasteiger partial charge in [-0.05, 0) is 144 Å². The van der Waals surface area contributed by atoms with E-state index in [1.54, 1.807) is 0 Å². The molecule has 3 aliphatic carbocycles. The SMILES string of the molecule is CCCc1ccc2c(c1)C(C)(C)c1cc(-c3ccc4c(c3)C(CO)(CCCO)c3cc(-c5ccc6c(c5)C(C)(C)c5cc(CO)ccc5-6)ccc3-4)ccc1-2. The summed E-state index contributed by atoms with van der Waals surface area (Å²) >= 11 is 0. The maximum absolute atomic E-state index is 11.5. The van der Waals surface area contributed by atoms with E-state index < -0.39 is 5.41 Å². The summed E-state index contributed by atoms with van der Waals surface area (Å²) in [6.07, 6.45) is 3.49. The quantitative estimate of drug-likeness (QED) is 0.140. The minimum Gasteiger partial charge on any atom is -0.396 e. The highest BCUT2D eigenvalue weighted by atomic mass is 16.3. The van der Waals surface area contributed by atoms with Gasteiger partial charge in [0.2, 0.25) is 0 Å². The molecule has 0 saturated carbocycles. The lowest BCUT2D eigenvalue weighted by Crippen LogP contribution is -2.30. The van der Waals surface area contributed by atoms with Gasteiger partial charge in [-0.15, -0.1) is 0 Å². The van der Waals surface area contributed by atoms with Crippen LogP contribution in [0.5, 0.6) is 0 Å². The van der Waals surface area contributed by atoms with E-state index >= 15 is 0 Å². The molecule has 0 heterocycles. The van der Waals surface area contributed by atoms with Crippen LogP contribution in [0.4, 0.5) is 0 Å². The van der Waals surface area contributed by atoms with Crippen LogP contribution in [0.2, 0.25) is 0 Å². The molecule has 0 amide bonds. The smallest absolute Gasteiger partial charge is 0.0681 e. The van der Waals surface area contributed by atoms with E-state index in [2.05, 4.69) is 138 Å². The van der Waals surface area contributed by atoms with Crippen LogP contribution in [-0.4, -0.2) is 28.5 Å². The summed E-state index contributed by atoms with van der Waals surface area (Å²) in [5, 5.41) is 31.4. The fraction of sp³-hybridized carbons (Fsp3) is 0.294. The Balaban J connectivity index is 1.11. The topological polar surface area (TPSA) is 60.7 Å². The lowest BCUT2D eigenvalue weighted by Gasteiger charge is -2.30. The van der Waals surface area contributed by atoms with Gasteiger partial charge >= 0.3 is 0 Å². The Morgan fingerprint density at radius 1 is 0.444 bits per heavy atom. The van der Waals surface area contributed by atoms with Crippen LogP contribution in [0.15, 0.2) is 109 Å². The van der Waals surface area contributed by atoms with Crippen LogP contribution in [0.1, 0.15) is 98.4 Å². The van der Waals surface area contributed by atoms with Crippen molar-refractivity contribution in [3.63, 3.8) is 0 Å². The van der Waals surface area contributed by atoms with Crippen LogP contribution in [0, 0.1) is 0 Å². The number of fused-ring (bicyclic) bond motifs is 9. The van der Waals surface area contributed by atoms with E-state index in [-0.39, 0.29) is 30.7 Å². The van der Waals surface area contributed by atoms with Crippen molar-refractivity contribution in [2.24, 2.45) is 0 Å². The van der Waals surface area contributed by atoms with Crippen molar-refractivity contribution in [3.05, 3.63) is 154 Å². The molecule has 1 atom stereocenters. The second kappa shape index (κ2) is 12.6. The molecule has 3 nitrogen and oxygen atoms in total. The van der Waals surface area contributed by atoms with Crippen LogP contribution < -0.4 is 0 Å². The van der Waals surface area contributed by atoms with Crippen molar-refractivity contribution in [3.8, 4) is 55.6 Å². The monoisotopic (exact) mass is 710 g/mol.